The zero-order chi connectivity index (χ0) is 30.1. The second-order valence-electron chi connectivity index (χ2n) is 11.9. The van der Waals surface area contributed by atoms with E-state index < -0.39 is 5.41 Å². The minimum absolute atomic E-state index is 0.0888. The lowest BCUT2D eigenvalue weighted by Gasteiger charge is -2.24. The van der Waals surface area contributed by atoms with Crippen molar-refractivity contribution in [2.24, 2.45) is 12.5 Å². The van der Waals surface area contributed by atoms with Crippen LogP contribution >= 0.6 is 11.6 Å². The Kier molecular flexibility index (Phi) is 8.94. The second kappa shape index (κ2) is 12.1. The van der Waals surface area contributed by atoms with Gasteiger partial charge in [-0.2, -0.15) is 0 Å². The molecule has 1 amide bonds. The number of amides is 1. The highest BCUT2D eigenvalue weighted by molar-refractivity contribution is 6.32. The number of benzene rings is 2. The van der Waals surface area contributed by atoms with E-state index in [1.54, 1.807) is 16.8 Å². The van der Waals surface area contributed by atoms with Crippen molar-refractivity contribution in [3.63, 3.8) is 0 Å². The fraction of sp³-hybridized carbons (Fsp3) is 0.406. The molecule has 0 radical (unpaired) electrons. The van der Waals surface area contributed by atoms with Crippen LogP contribution in [-0.4, -0.2) is 46.1 Å². The third-order valence-corrected chi connectivity index (χ3v) is 7.91. The van der Waals surface area contributed by atoms with Crippen molar-refractivity contribution >= 4 is 39.9 Å². The van der Waals surface area contributed by atoms with E-state index in [-0.39, 0.29) is 41.8 Å². The third kappa shape index (κ3) is 6.82. The number of nitrogens with one attached hydrogen (secondary N) is 1. The van der Waals surface area contributed by atoms with Gasteiger partial charge in [0.05, 0.1) is 16.9 Å². The number of aryl methyl sites for hydroxylation is 1. The van der Waals surface area contributed by atoms with Crippen LogP contribution in [-0.2, 0) is 18.3 Å². The van der Waals surface area contributed by atoms with Gasteiger partial charge in [-0.05, 0) is 70.1 Å². The third-order valence-electron chi connectivity index (χ3n) is 7.69. The summed E-state index contributed by atoms with van der Waals surface area (Å²) in [5.41, 5.74) is 1.97. The van der Waals surface area contributed by atoms with Crippen molar-refractivity contribution in [1.82, 2.24) is 14.3 Å². The SMILES string of the molecule is Cc1cc2cc(Cl)cc(C(=O)CCC(C)(C)CC(=O)Nc3c(C[C@@H](C)N(C)C)n(C)n(-c4ccccc4)c3=O)c2o1. The van der Waals surface area contributed by atoms with Gasteiger partial charge in [0.1, 0.15) is 17.0 Å². The van der Waals surface area contributed by atoms with Gasteiger partial charge in [-0.1, -0.05) is 43.6 Å². The number of halogens is 1. The molecule has 2 aromatic heterocycles. The molecule has 1 N–H and O–H groups in total. The van der Waals surface area contributed by atoms with E-state index in [1.165, 1.54) is 0 Å². The van der Waals surface area contributed by atoms with Gasteiger partial charge in [0.15, 0.2) is 5.78 Å². The lowest BCUT2D eigenvalue weighted by Crippen LogP contribution is -2.29. The number of Topliss-reactive ketones (excluding diaryl/α,β-unsaturated/α-hetero) is 1. The first-order valence-electron chi connectivity index (χ1n) is 13.8. The highest BCUT2D eigenvalue weighted by atomic mass is 35.5. The Hall–Kier alpha value is -3.62. The number of aromatic nitrogens is 2. The monoisotopic (exact) mass is 578 g/mol. The zero-order valence-electron chi connectivity index (χ0n) is 24.9. The Morgan fingerprint density at radius 3 is 2.46 bits per heavy atom. The maximum atomic E-state index is 13.6. The summed E-state index contributed by atoms with van der Waals surface area (Å²) in [5, 5.41) is 4.20. The van der Waals surface area contributed by atoms with Gasteiger partial charge in [-0.25, -0.2) is 4.68 Å². The van der Waals surface area contributed by atoms with Gasteiger partial charge in [-0.3, -0.25) is 19.1 Å². The van der Waals surface area contributed by atoms with Crippen LogP contribution in [0.25, 0.3) is 16.7 Å². The topological polar surface area (TPSA) is 89.5 Å². The Bertz CT molecular complexity index is 1630. The smallest absolute Gasteiger partial charge is 0.295 e. The predicted octanol–water partition coefficient (Wildman–Crippen LogP) is 6.39. The van der Waals surface area contributed by atoms with Gasteiger partial charge in [0.25, 0.3) is 5.56 Å². The number of furan rings is 1. The average molecular weight is 579 g/mol. The molecular weight excluding hydrogens is 540 g/mol. The molecule has 0 aliphatic rings. The van der Waals surface area contributed by atoms with E-state index in [4.69, 9.17) is 16.0 Å². The Morgan fingerprint density at radius 2 is 1.80 bits per heavy atom. The number of ketones is 1. The van der Waals surface area contributed by atoms with Crippen molar-refractivity contribution in [3.8, 4) is 5.69 Å². The van der Waals surface area contributed by atoms with Crippen LogP contribution < -0.4 is 10.9 Å². The van der Waals surface area contributed by atoms with Crippen molar-refractivity contribution < 1.29 is 14.0 Å². The van der Waals surface area contributed by atoms with Crippen LogP contribution in [0.1, 0.15) is 61.8 Å². The molecule has 0 bridgehead atoms. The summed E-state index contributed by atoms with van der Waals surface area (Å²) in [5.74, 6) is 0.352. The molecule has 41 heavy (non-hydrogen) atoms. The van der Waals surface area contributed by atoms with E-state index in [0.29, 0.717) is 34.8 Å². The van der Waals surface area contributed by atoms with Crippen molar-refractivity contribution in [2.45, 2.75) is 59.4 Å². The summed E-state index contributed by atoms with van der Waals surface area (Å²) in [6, 6.07) is 14.8. The van der Waals surface area contributed by atoms with Crippen LogP contribution in [0, 0.1) is 12.3 Å². The van der Waals surface area contributed by atoms with Crippen LogP contribution in [0.5, 0.6) is 0 Å². The maximum Gasteiger partial charge on any atom is 0.295 e. The molecule has 2 aromatic carbocycles. The number of para-hydroxylation sites is 1. The van der Waals surface area contributed by atoms with E-state index in [1.807, 2.05) is 83.0 Å². The van der Waals surface area contributed by atoms with Gasteiger partial charge >= 0.3 is 0 Å². The molecule has 4 aromatic rings. The first-order valence-corrected chi connectivity index (χ1v) is 14.2. The molecule has 4 rings (SSSR count). The fourth-order valence-electron chi connectivity index (χ4n) is 5.08. The summed E-state index contributed by atoms with van der Waals surface area (Å²) >= 11 is 6.26. The van der Waals surface area contributed by atoms with Gasteiger partial charge < -0.3 is 14.6 Å². The number of likely N-dealkylation sites (N-methyl/N-ethyl adjacent to an activating group) is 1. The number of rotatable bonds is 11. The van der Waals surface area contributed by atoms with Crippen LogP contribution in [0.15, 0.2) is 57.7 Å². The molecule has 2 heterocycles. The van der Waals surface area contributed by atoms with Crippen molar-refractivity contribution in [3.05, 3.63) is 80.9 Å². The van der Waals surface area contributed by atoms with E-state index in [2.05, 4.69) is 17.1 Å². The number of nitrogens with zero attached hydrogens (tertiary/aromatic N) is 3. The molecule has 1 atom stereocenters. The number of hydrogen-bond acceptors (Lipinski definition) is 5. The molecular formula is C32H39ClN4O4. The average Bonchev–Trinajstić information content (AvgIpc) is 3.38. The number of hydrogen-bond donors (Lipinski definition) is 1. The molecule has 9 heteroatoms. The molecule has 218 valence electrons. The van der Waals surface area contributed by atoms with E-state index >= 15 is 0 Å². The van der Waals surface area contributed by atoms with Gasteiger partial charge in [0.2, 0.25) is 5.91 Å². The Labute approximate surface area is 245 Å². The van der Waals surface area contributed by atoms with E-state index in [0.717, 1.165) is 16.8 Å². The number of anilines is 1. The number of carbonyl (C=O) groups is 2. The molecule has 8 nitrogen and oxygen atoms in total. The summed E-state index contributed by atoms with van der Waals surface area (Å²) in [7, 11) is 5.81. The normalized spacial score (nSPS) is 12.7. The van der Waals surface area contributed by atoms with Gasteiger partial charge in [0, 0.05) is 42.8 Å². The van der Waals surface area contributed by atoms with Crippen LogP contribution in [0.4, 0.5) is 5.69 Å². The molecule has 0 spiro atoms. The molecule has 0 aliphatic heterocycles. The van der Waals surface area contributed by atoms with Crippen LogP contribution in [0.2, 0.25) is 5.02 Å². The lowest BCUT2D eigenvalue weighted by atomic mass is 9.82. The summed E-state index contributed by atoms with van der Waals surface area (Å²) < 4.78 is 9.17. The highest BCUT2D eigenvalue weighted by Crippen LogP contribution is 2.32. The summed E-state index contributed by atoms with van der Waals surface area (Å²) in [6.07, 6.45) is 1.42. The van der Waals surface area contributed by atoms with E-state index in [9.17, 15) is 14.4 Å². The maximum absolute atomic E-state index is 13.6. The van der Waals surface area contributed by atoms with Crippen molar-refractivity contribution in [1.29, 1.82) is 0 Å². The number of carbonyl (C=O) groups excluding carboxylic acids is 2. The largest absolute Gasteiger partial charge is 0.461 e. The predicted molar refractivity (Wildman–Crippen MR) is 164 cm³/mol. The summed E-state index contributed by atoms with van der Waals surface area (Å²) in [4.78, 5) is 42.2. The Morgan fingerprint density at radius 1 is 1.12 bits per heavy atom. The molecule has 0 aliphatic carbocycles. The minimum atomic E-state index is -0.499. The molecule has 0 saturated carbocycles. The second-order valence-corrected chi connectivity index (χ2v) is 12.3. The quantitative estimate of drug-likeness (QED) is 0.208. The molecule has 0 unspecified atom stereocenters. The highest BCUT2D eigenvalue weighted by Gasteiger charge is 2.28. The molecule has 0 saturated heterocycles. The summed E-state index contributed by atoms with van der Waals surface area (Å²) in [6.45, 7) is 7.81. The standard InChI is InChI=1S/C32H39ClN4O4/c1-20(35(5)6)15-26-29(31(40)37(36(26)7)24-11-9-8-10-12-24)34-28(39)19-32(3,4)14-13-27(38)25-18-23(33)17-22-16-21(2)41-30(22)25/h8-12,16-18,20H,13-15,19H2,1-7H3,(H,34,39)/t20-/m1/s1. The van der Waals surface area contributed by atoms with Crippen molar-refractivity contribution in [2.75, 3.05) is 19.4 Å². The minimum Gasteiger partial charge on any atom is -0.461 e. The first kappa shape index (κ1) is 30.3. The van der Waals surface area contributed by atoms with Crippen LogP contribution in [0.3, 0.4) is 0 Å². The molecule has 0 fully saturated rings. The zero-order valence-corrected chi connectivity index (χ0v) is 25.6. The lowest BCUT2D eigenvalue weighted by molar-refractivity contribution is -0.118. The van der Waals surface area contributed by atoms with Gasteiger partial charge in [-0.15, -0.1) is 0 Å². The fourth-order valence-corrected chi connectivity index (χ4v) is 5.30. The first-order chi connectivity index (χ1) is 19.3. The Balaban J connectivity index is 1.52. The number of fused-ring (bicyclic) bond motifs is 1.